The Hall–Kier alpha value is -0.410. The van der Waals surface area contributed by atoms with Crippen LogP contribution in [0.25, 0.3) is 0 Å². The second kappa shape index (κ2) is 5.08. The van der Waals surface area contributed by atoms with E-state index < -0.39 is 0 Å². The van der Waals surface area contributed by atoms with Gasteiger partial charge in [-0.15, -0.1) is 0 Å². The van der Waals surface area contributed by atoms with Crippen molar-refractivity contribution in [2.24, 2.45) is 0 Å². The minimum atomic E-state index is 0.447. The zero-order valence-electron chi connectivity index (χ0n) is 9.74. The molecule has 2 aliphatic rings. The van der Waals surface area contributed by atoms with Crippen LogP contribution in [-0.4, -0.2) is 54.9 Å². The smallest absolute Gasteiger partial charge is 0.135 e. The van der Waals surface area contributed by atoms with Crippen LogP contribution < -0.4 is 0 Å². The Labute approximate surface area is 92.4 Å². The first-order valence-electron chi connectivity index (χ1n) is 6.20. The number of hydrogen-bond donors (Lipinski definition) is 0. The molecule has 2 fully saturated rings. The van der Waals surface area contributed by atoms with E-state index in [0.29, 0.717) is 5.78 Å². The van der Waals surface area contributed by atoms with Gasteiger partial charge in [-0.1, -0.05) is 6.42 Å². The lowest BCUT2D eigenvalue weighted by molar-refractivity contribution is -0.121. The van der Waals surface area contributed by atoms with E-state index in [1.54, 1.807) is 0 Å². The third-order valence-electron chi connectivity index (χ3n) is 3.80. The molecule has 2 aliphatic heterocycles. The summed E-state index contributed by atoms with van der Waals surface area (Å²) in [5.41, 5.74) is 0. The highest BCUT2D eigenvalue weighted by Gasteiger charge is 2.23. The minimum Gasteiger partial charge on any atom is -0.302 e. The first kappa shape index (κ1) is 11.1. The fourth-order valence-electron chi connectivity index (χ4n) is 2.66. The summed E-state index contributed by atoms with van der Waals surface area (Å²) in [5, 5.41) is 0. The van der Waals surface area contributed by atoms with Crippen LogP contribution in [0.5, 0.6) is 0 Å². The van der Waals surface area contributed by atoms with Gasteiger partial charge in [-0.2, -0.15) is 0 Å². The predicted octanol–water partition coefficient (Wildman–Crippen LogP) is 1.14. The Morgan fingerprint density at radius 1 is 1.20 bits per heavy atom. The molecule has 0 amide bonds. The summed E-state index contributed by atoms with van der Waals surface area (Å²) in [6, 6.07) is 0.729. The second-order valence-corrected chi connectivity index (χ2v) is 4.97. The molecule has 3 heteroatoms. The van der Waals surface area contributed by atoms with E-state index >= 15 is 0 Å². The van der Waals surface area contributed by atoms with Gasteiger partial charge in [0.05, 0.1) is 0 Å². The maximum absolute atomic E-state index is 11.1. The monoisotopic (exact) mass is 210 g/mol. The van der Waals surface area contributed by atoms with Crippen LogP contribution in [0, 0.1) is 0 Å². The largest absolute Gasteiger partial charge is 0.302 e. The summed E-state index contributed by atoms with van der Waals surface area (Å²) in [7, 11) is 2.24. The quantitative estimate of drug-likeness (QED) is 0.683. The molecule has 0 aromatic carbocycles. The number of piperidine rings is 2. The lowest BCUT2D eigenvalue weighted by atomic mass is 10.0. The third-order valence-corrected chi connectivity index (χ3v) is 3.80. The molecule has 2 rings (SSSR count). The molecular weight excluding hydrogens is 188 g/mol. The van der Waals surface area contributed by atoms with Crippen LogP contribution in [0.1, 0.15) is 32.1 Å². The van der Waals surface area contributed by atoms with Crippen LogP contribution in [0.2, 0.25) is 0 Å². The number of carbonyl (C=O) groups is 1. The zero-order chi connectivity index (χ0) is 10.7. The zero-order valence-corrected chi connectivity index (χ0v) is 9.74. The molecule has 1 atom stereocenters. The maximum Gasteiger partial charge on any atom is 0.135 e. The van der Waals surface area contributed by atoms with Crippen LogP contribution in [-0.2, 0) is 4.79 Å². The summed E-state index contributed by atoms with van der Waals surface area (Å²) in [6.07, 6.45) is 5.61. The number of hydrogen-bond acceptors (Lipinski definition) is 3. The molecule has 0 aromatic rings. The molecule has 0 radical (unpaired) electrons. The van der Waals surface area contributed by atoms with Gasteiger partial charge in [-0.3, -0.25) is 4.79 Å². The van der Waals surface area contributed by atoms with Crippen LogP contribution in [0.3, 0.4) is 0 Å². The van der Waals surface area contributed by atoms with Crippen molar-refractivity contribution in [2.75, 3.05) is 33.2 Å². The standard InChI is InChI=1S/C12H22N2O/c1-13-7-3-2-4-11(13)10-14-8-5-12(15)6-9-14/h11H,2-10H2,1H3. The van der Waals surface area contributed by atoms with Crippen molar-refractivity contribution in [1.82, 2.24) is 9.80 Å². The number of rotatable bonds is 2. The number of likely N-dealkylation sites (N-methyl/N-ethyl adjacent to an activating group) is 1. The Kier molecular flexibility index (Phi) is 3.76. The number of ketones is 1. The molecule has 0 bridgehead atoms. The molecule has 0 N–H and O–H groups in total. The SMILES string of the molecule is CN1CCCCC1CN1CCC(=O)CC1. The highest BCUT2D eigenvalue weighted by atomic mass is 16.1. The van der Waals surface area contributed by atoms with E-state index in [1.165, 1.54) is 32.4 Å². The Balaban J connectivity index is 1.78. The molecule has 86 valence electrons. The highest BCUT2D eigenvalue weighted by molar-refractivity contribution is 5.79. The predicted molar refractivity (Wildman–Crippen MR) is 61.0 cm³/mol. The van der Waals surface area contributed by atoms with Gasteiger partial charge in [0.2, 0.25) is 0 Å². The molecule has 0 spiro atoms. The van der Waals surface area contributed by atoms with Gasteiger partial charge in [0.25, 0.3) is 0 Å². The van der Waals surface area contributed by atoms with E-state index in [1.807, 2.05) is 0 Å². The van der Waals surface area contributed by atoms with Crippen LogP contribution in [0.4, 0.5) is 0 Å². The molecule has 2 saturated heterocycles. The highest BCUT2D eigenvalue weighted by Crippen LogP contribution is 2.17. The molecule has 15 heavy (non-hydrogen) atoms. The number of Topliss-reactive ketones (excluding diaryl/α,β-unsaturated/α-hetero) is 1. The lowest BCUT2D eigenvalue weighted by Gasteiger charge is -2.37. The summed E-state index contributed by atoms with van der Waals surface area (Å²) in [6.45, 7) is 4.40. The molecule has 2 heterocycles. The molecular formula is C12H22N2O. The Bertz CT molecular complexity index is 220. The van der Waals surface area contributed by atoms with Crippen molar-refractivity contribution >= 4 is 5.78 Å². The number of carbonyl (C=O) groups excluding carboxylic acids is 1. The average Bonchev–Trinajstić information content (AvgIpc) is 2.25. The summed E-state index contributed by atoms with van der Waals surface area (Å²) in [4.78, 5) is 16.1. The van der Waals surface area contributed by atoms with Crippen LogP contribution in [0.15, 0.2) is 0 Å². The van der Waals surface area contributed by atoms with E-state index in [-0.39, 0.29) is 0 Å². The van der Waals surface area contributed by atoms with Gasteiger partial charge in [0.15, 0.2) is 0 Å². The lowest BCUT2D eigenvalue weighted by Crippen LogP contribution is -2.46. The minimum absolute atomic E-state index is 0.447. The van der Waals surface area contributed by atoms with Crippen molar-refractivity contribution in [1.29, 1.82) is 0 Å². The first-order chi connectivity index (χ1) is 7.25. The molecule has 0 aliphatic carbocycles. The fourth-order valence-corrected chi connectivity index (χ4v) is 2.66. The molecule has 1 unspecified atom stereocenters. The van der Waals surface area contributed by atoms with Crippen molar-refractivity contribution < 1.29 is 4.79 Å². The van der Waals surface area contributed by atoms with Gasteiger partial charge >= 0.3 is 0 Å². The normalized spacial score (nSPS) is 30.7. The molecule has 0 aromatic heterocycles. The summed E-state index contributed by atoms with van der Waals surface area (Å²) >= 11 is 0. The Morgan fingerprint density at radius 2 is 1.93 bits per heavy atom. The van der Waals surface area contributed by atoms with Crippen molar-refractivity contribution in [3.8, 4) is 0 Å². The molecule has 0 saturated carbocycles. The van der Waals surface area contributed by atoms with Gasteiger partial charge < -0.3 is 9.80 Å². The molecule has 3 nitrogen and oxygen atoms in total. The van der Waals surface area contributed by atoms with E-state index in [4.69, 9.17) is 0 Å². The third kappa shape index (κ3) is 3.02. The van der Waals surface area contributed by atoms with E-state index in [9.17, 15) is 4.79 Å². The van der Waals surface area contributed by atoms with Crippen molar-refractivity contribution in [3.05, 3.63) is 0 Å². The fraction of sp³-hybridized carbons (Fsp3) is 0.917. The van der Waals surface area contributed by atoms with E-state index in [2.05, 4.69) is 16.8 Å². The van der Waals surface area contributed by atoms with Gasteiger partial charge in [0.1, 0.15) is 5.78 Å². The van der Waals surface area contributed by atoms with Crippen LogP contribution >= 0.6 is 0 Å². The van der Waals surface area contributed by atoms with Gasteiger partial charge in [0, 0.05) is 38.5 Å². The van der Waals surface area contributed by atoms with E-state index in [0.717, 1.165) is 32.0 Å². The maximum atomic E-state index is 11.1. The average molecular weight is 210 g/mol. The topological polar surface area (TPSA) is 23.6 Å². The summed E-state index contributed by atoms with van der Waals surface area (Å²) < 4.78 is 0. The summed E-state index contributed by atoms with van der Waals surface area (Å²) in [5.74, 6) is 0.447. The van der Waals surface area contributed by atoms with Gasteiger partial charge in [-0.05, 0) is 26.4 Å². The van der Waals surface area contributed by atoms with Gasteiger partial charge in [-0.25, -0.2) is 0 Å². The Morgan fingerprint density at radius 3 is 2.60 bits per heavy atom. The second-order valence-electron chi connectivity index (χ2n) is 4.97. The van der Waals surface area contributed by atoms with Crippen molar-refractivity contribution in [2.45, 2.75) is 38.1 Å². The number of nitrogens with zero attached hydrogens (tertiary/aromatic N) is 2. The van der Waals surface area contributed by atoms with Crippen molar-refractivity contribution in [3.63, 3.8) is 0 Å². The first-order valence-corrected chi connectivity index (χ1v) is 6.20. The number of likely N-dealkylation sites (tertiary alicyclic amines) is 2.